The van der Waals surface area contributed by atoms with Gasteiger partial charge in [-0.3, -0.25) is 4.90 Å². The molecule has 0 aromatic carbocycles. The summed E-state index contributed by atoms with van der Waals surface area (Å²) in [6, 6.07) is 2.88. The van der Waals surface area contributed by atoms with Crippen LogP contribution in [0.4, 0.5) is 0 Å². The Morgan fingerprint density at radius 1 is 1.45 bits per heavy atom. The van der Waals surface area contributed by atoms with E-state index in [0.717, 1.165) is 42.8 Å². The maximum Gasteiger partial charge on any atom is 0.118 e. The third-order valence-electron chi connectivity index (χ3n) is 4.19. The van der Waals surface area contributed by atoms with E-state index in [1.54, 1.807) is 0 Å². The molecule has 0 amide bonds. The van der Waals surface area contributed by atoms with Crippen LogP contribution in [0.2, 0.25) is 0 Å². The first-order valence-corrected chi connectivity index (χ1v) is 8.81. The van der Waals surface area contributed by atoms with Gasteiger partial charge < -0.3 is 9.73 Å². The van der Waals surface area contributed by atoms with Crippen LogP contribution in [-0.4, -0.2) is 35.0 Å². The van der Waals surface area contributed by atoms with Crippen LogP contribution in [0.15, 0.2) is 10.5 Å². The zero-order chi connectivity index (χ0) is 14.5. The first kappa shape index (κ1) is 15.9. The summed E-state index contributed by atoms with van der Waals surface area (Å²) < 4.78 is 5.87. The van der Waals surface area contributed by atoms with Gasteiger partial charge in [0.2, 0.25) is 0 Å². The molecule has 4 heteroatoms. The van der Waals surface area contributed by atoms with Gasteiger partial charge in [0.1, 0.15) is 11.5 Å². The Balaban J connectivity index is 1.95. The summed E-state index contributed by atoms with van der Waals surface area (Å²) in [7, 11) is 0. The highest BCUT2D eigenvalue weighted by atomic mass is 32.2. The lowest BCUT2D eigenvalue weighted by Crippen LogP contribution is -2.43. The third kappa shape index (κ3) is 4.03. The number of aryl methyl sites for hydroxylation is 1. The predicted octanol–water partition coefficient (Wildman–Crippen LogP) is 3.41. The van der Waals surface area contributed by atoms with Crippen LogP contribution in [0.3, 0.4) is 0 Å². The molecule has 0 aliphatic carbocycles. The minimum absolute atomic E-state index is 0.643. The lowest BCUT2D eigenvalue weighted by atomic mass is 10.1. The Morgan fingerprint density at radius 3 is 3.00 bits per heavy atom. The van der Waals surface area contributed by atoms with Gasteiger partial charge in [0, 0.05) is 35.7 Å². The van der Waals surface area contributed by atoms with Crippen molar-refractivity contribution in [3.8, 4) is 0 Å². The number of nitrogens with zero attached hydrogens (tertiary/aromatic N) is 1. The highest BCUT2D eigenvalue weighted by Gasteiger charge is 2.25. The van der Waals surface area contributed by atoms with Crippen molar-refractivity contribution in [1.82, 2.24) is 10.2 Å². The Hall–Kier alpha value is -0.450. The molecule has 1 aromatic rings. The lowest BCUT2D eigenvalue weighted by molar-refractivity contribution is 0.203. The molecule has 1 saturated heterocycles. The van der Waals surface area contributed by atoms with Gasteiger partial charge in [-0.15, -0.1) is 0 Å². The van der Waals surface area contributed by atoms with Gasteiger partial charge in [0.05, 0.1) is 6.54 Å². The minimum Gasteiger partial charge on any atom is -0.465 e. The molecule has 2 rings (SSSR count). The highest BCUT2D eigenvalue weighted by molar-refractivity contribution is 8.00. The van der Waals surface area contributed by atoms with Gasteiger partial charge in [-0.1, -0.05) is 13.8 Å². The molecule has 1 aromatic heterocycles. The summed E-state index contributed by atoms with van der Waals surface area (Å²) in [6.07, 6.45) is 1.16. The standard InChI is InChI=1S/C16H28N2OS/c1-5-6-17-10-16-9-15(13(3)19-16)11-18-7-8-20-14(4)12(18)2/h9,12,14,17H,5-8,10-11H2,1-4H3. The lowest BCUT2D eigenvalue weighted by Gasteiger charge is -2.37. The van der Waals surface area contributed by atoms with Crippen LogP contribution in [-0.2, 0) is 13.1 Å². The SMILES string of the molecule is CCCNCc1cc(CN2CCSC(C)C2C)c(C)o1. The van der Waals surface area contributed by atoms with Crippen molar-refractivity contribution in [2.45, 2.75) is 58.5 Å². The number of nitrogens with one attached hydrogen (secondary N) is 1. The molecular formula is C16H28N2OS. The second-order valence-corrected chi connectivity index (χ2v) is 7.24. The molecule has 0 radical (unpaired) electrons. The van der Waals surface area contributed by atoms with Gasteiger partial charge >= 0.3 is 0 Å². The Bertz CT molecular complexity index is 419. The van der Waals surface area contributed by atoms with E-state index in [-0.39, 0.29) is 0 Å². The molecule has 0 bridgehead atoms. The van der Waals surface area contributed by atoms with Gasteiger partial charge in [-0.25, -0.2) is 0 Å². The first-order valence-electron chi connectivity index (χ1n) is 7.76. The molecule has 2 atom stereocenters. The van der Waals surface area contributed by atoms with Crippen LogP contribution >= 0.6 is 11.8 Å². The van der Waals surface area contributed by atoms with Crippen molar-refractivity contribution < 1.29 is 4.42 Å². The molecule has 1 N–H and O–H groups in total. The monoisotopic (exact) mass is 296 g/mol. The van der Waals surface area contributed by atoms with E-state index in [4.69, 9.17) is 4.42 Å². The predicted molar refractivity (Wildman–Crippen MR) is 87.2 cm³/mol. The van der Waals surface area contributed by atoms with Crippen molar-refractivity contribution in [3.63, 3.8) is 0 Å². The first-order chi connectivity index (χ1) is 9.61. The van der Waals surface area contributed by atoms with E-state index in [1.165, 1.54) is 17.9 Å². The Labute approximate surface area is 127 Å². The molecular weight excluding hydrogens is 268 g/mol. The van der Waals surface area contributed by atoms with Crippen LogP contribution < -0.4 is 5.32 Å². The van der Waals surface area contributed by atoms with Crippen LogP contribution in [0.5, 0.6) is 0 Å². The quantitative estimate of drug-likeness (QED) is 0.814. The van der Waals surface area contributed by atoms with E-state index in [9.17, 15) is 0 Å². The summed E-state index contributed by atoms with van der Waals surface area (Å²) in [5.41, 5.74) is 1.35. The molecule has 1 aliphatic heterocycles. The molecule has 0 spiro atoms. The van der Waals surface area contributed by atoms with Crippen molar-refractivity contribution in [2.24, 2.45) is 0 Å². The van der Waals surface area contributed by atoms with Crippen molar-refractivity contribution >= 4 is 11.8 Å². The summed E-state index contributed by atoms with van der Waals surface area (Å²) in [5, 5.41) is 4.12. The van der Waals surface area contributed by atoms with E-state index in [0.29, 0.717) is 6.04 Å². The van der Waals surface area contributed by atoms with E-state index < -0.39 is 0 Å². The molecule has 2 unspecified atom stereocenters. The number of furan rings is 1. The van der Waals surface area contributed by atoms with Gasteiger partial charge in [0.15, 0.2) is 0 Å². The van der Waals surface area contributed by atoms with E-state index >= 15 is 0 Å². The number of rotatable bonds is 6. The molecule has 0 saturated carbocycles. The van der Waals surface area contributed by atoms with Crippen LogP contribution in [0.1, 0.15) is 44.3 Å². The third-order valence-corrected chi connectivity index (χ3v) is 5.52. The van der Waals surface area contributed by atoms with Crippen molar-refractivity contribution in [2.75, 3.05) is 18.8 Å². The molecule has 1 aliphatic rings. The topological polar surface area (TPSA) is 28.4 Å². The molecule has 114 valence electrons. The summed E-state index contributed by atoms with van der Waals surface area (Å²) in [5.74, 6) is 3.39. The molecule has 1 fully saturated rings. The van der Waals surface area contributed by atoms with E-state index in [2.05, 4.69) is 55.7 Å². The minimum atomic E-state index is 0.643. The zero-order valence-electron chi connectivity index (χ0n) is 13.2. The maximum absolute atomic E-state index is 5.87. The molecule has 3 nitrogen and oxygen atoms in total. The maximum atomic E-state index is 5.87. The average Bonchev–Trinajstić information content (AvgIpc) is 2.76. The zero-order valence-corrected chi connectivity index (χ0v) is 14.1. The highest BCUT2D eigenvalue weighted by Crippen LogP contribution is 2.27. The number of hydrogen-bond donors (Lipinski definition) is 1. The molecule has 2 heterocycles. The summed E-state index contributed by atoms with van der Waals surface area (Å²) in [6.45, 7) is 13.1. The second-order valence-electron chi connectivity index (χ2n) is 5.76. The molecule has 20 heavy (non-hydrogen) atoms. The van der Waals surface area contributed by atoms with E-state index in [1.807, 2.05) is 0 Å². The van der Waals surface area contributed by atoms with Crippen molar-refractivity contribution in [3.05, 3.63) is 23.2 Å². The summed E-state index contributed by atoms with van der Waals surface area (Å²) >= 11 is 2.09. The van der Waals surface area contributed by atoms with Gasteiger partial charge in [-0.2, -0.15) is 11.8 Å². The fraction of sp³-hybridized carbons (Fsp3) is 0.750. The number of thioether (sulfide) groups is 1. The fourth-order valence-corrected chi connectivity index (χ4v) is 3.82. The normalized spacial score (nSPS) is 24.2. The number of hydrogen-bond acceptors (Lipinski definition) is 4. The average molecular weight is 296 g/mol. The van der Waals surface area contributed by atoms with Gasteiger partial charge in [-0.05, 0) is 32.9 Å². The van der Waals surface area contributed by atoms with Crippen LogP contribution in [0.25, 0.3) is 0 Å². The Kier molecular flexibility index (Phi) is 6.00. The smallest absolute Gasteiger partial charge is 0.118 e. The van der Waals surface area contributed by atoms with Crippen LogP contribution in [0, 0.1) is 6.92 Å². The fourth-order valence-electron chi connectivity index (χ4n) is 2.66. The second kappa shape index (κ2) is 7.53. The Morgan fingerprint density at radius 2 is 2.25 bits per heavy atom. The largest absolute Gasteiger partial charge is 0.465 e. The van der Waals surface area contributed by atoms with Gasteiger partial charge in [0.25, 0.3) is 0 Å². The summed E-state index contributed by atoms with van der Waals surface area (Å²) in [4.78, 5) is 2.59. The van der Waals surface area contributed by atoms with Crippen molar-refractivity contribution in [1.29, 1.82) is 0 Å².